The maximum Gasteiger partial charge on any atom is 0.130 e. The molecule has 4 heterocycles. The molecular weight excluding hydrogens is 475 g/mol. The van der Waals surface area contributed by atoms with Crippen molar-refractivity contribution in [2.45, 2.75) is 51.9 Å². The molecule has 34 heavy (non-hydrogen) atoms. The second kappa shape index (κ2) is 12.1. The molecule has 0 bridgehead atoms. The first-order valence-electron chi connectivity index (χ1n) is 11.7. The third kappa shape index (κ3) is 5.81. The van der Waals surface area contributed by atoms with E-state index >= 15 is 0 Å². The van der Waals surface area contributed by atoms with Gasteiger partial charge >= 0.3 is 0 Å². The summed E-state index contributed by atoms with van der Waals surface area (Å²) in [7, 11) is 0. The van der Waals surface area contributed by atoms with Crippen LogP contribution in [-0.4, -0.2) is 10.9 Å². The van der Waals surface area contributed by atoms with Crippen LogP contribution < -0.4 is 0 Å². The topological polar surface area (TPSA) is 60.5 Å². The van der Waals surface area contributed by atoms with Gasteiger partial charge in [-0.3, -0.25) is 10.4 Å². The van der Waals surface area contributed by atoms with Crippen molar-refractivity contribution in [2.75, 3.05) is 0 Å². The van der Waals surface area contributed by atoms with E-state index in [4.69, 9.17) is 5.41 Å². The number of hydrogen-bond acceptors (Lipinski definition) is 6. The fourth-order valence-electron chi connectivity index (χ4n) is 3.92. The van der Waals surface area contributed by atoms with Crippen LogP contribution in [0.25, 0.3) is 35.5 Å². The molecule has 6 heteroatoms. The molecule has 0 aliphatic carbocycles. The van der Waals surface area contributed by atoms with Crippen molar-refractivity contribution < 1.29 is 0 Å². The van der Waals surface area contributed by atoms with E-state index in [2.05, 4.69) is 54.2 Å². The number of nitrogens with one attached hydrogen (secondary N) is 1. The van der Waals surface area contributed by atoms with Gasteiger partial charge < -0.3 is 0 Å². The van der Waals surface area contributed by atoms with Crippen molar-refractivity contribution in [3.63, 3.8) is 0 Å². The quantitative estimate of drug-likeness (QED) is 0.126. The zero-order chi connectivity index (χ0) is 23.8. The summed E-state index contributed by atoms with van der Waals surface area (Å²) in [4.78, 5) is 11.2. The highest BCUT2D eigenvalue weighted by Gasteiger charge is 2.17. The molecule has 4 rings (SSSR count). The van der Waals surface area contributed by atoms with Gasteiger partial charge in [0.05, 0.1) is 4.88 Å². The lowest BCUT2D eigenvalue weighted by Gasteiger charge is -2.03. The Morgan fingerprint density at radius 3 is 2.21 bits per heavy atom. The molecule has 172 valence electrons. The van der Waals surface area contributed by atoms with E-state index in [1.54, 1.807) is 34.0 Å². The SMILES string of the molecule is CCCCCCCCc1cc(C(=C=N)C#N)sc1-c1ccc(-c2ccc(-c3ccncc3)s2)s1. The summed E-state index contributed by atoms with van der Waals surface area (Å²) in [5.74, 6) is 2.32. The number of nitrogens with zero attached hydrogens (tertiary/aromatic N) is 2. The Hall–Kier alpha value is -2.81. The molecule has 4 aromatic rings. The first-order chi connectivity index (χ1) is 16.7. The number of nitriles is 1. The van der Waals surface area contributed by atoms with Crippen molar-refractivity contribution in [1.82, 2.24) is 4.98 Å². The van der Waals surface area contributed by atoms with Crippen LogP contribution in [0.2, 0.25) is 0 Å². The summed E-state index contributed by atoms with van der Waals surface area (Å²) in [5, 5.41) is 16.9. The lowest BCUT2D eigenvalue weighted by Crippen LogP contribution is -1.86. The molecule has 0 unspecified atom stereocenters. The molecule has 0 saturated heterocycles. The van der Waals surface area contributed by atoms with E-state index in [-0.39, 0.29) is 0 Å². The average Bonchev–Trinajstić information content (AvgIpc) is 3.62. The minimum absolute atomic E-state index is 0.317. The van der Waals surface area contributed by atoms with E-state index < -0.39 is 0 Å². The van der Waals surface area contributed by atoms with Crippen LogP contribution in [0.1, 0.15) is 55.9 Å². The maximum absolute atomic E-state index is 9.43. The van der Waals surface area contributed by atoms with Gasteiger partial charge in [-0.25, -0.2) is 0 Å². The van der Waals surface area contributed by atoms with Gasteiger partial charge in [-0.1, -0.05) is 39.0 Å². The van der Waals surface area contributed by atoms with Crippen LogP contribution in [0.4, 0.5) is 0 Å². The largest absolute Gasteiger partial charge is 0.265 e. The fraction of sp³-hybridized carbons (Fsp3) is 0.286. The third-order valence-corrected chi connectivity index (χ3v) is 9.53. The summed E-state index contributed by atoms with van der Waals surface area (Å²) in [5.41, 5.74) is 2.79. The molecule has 0 spiro atoms. The van der Waals surface area contributed by atoms with Gasteiger partial charge in [0.15, 0.2) is 0 Å². The first kappa shape index (κ1) is 24.3. The number of aryl methyl sites for hydroxylation is 1. The second-order valence-corrected chi connectivity index (χ2v) is 11.4. The van der Waals surface area contributed by atoms with Crippen molar-refractivity contribution in [3.8, 4) is 36.0 Å². The first-order valence-corrected chi connectivity index (χ1v) is 14.1. The van der Waals surface area contributed by atoms with Gasteiger partial charge in [0.2, 0.25) is 0 Å². The van der Waals surface area contributed by atoms with Gasteiger partial charge in [0, 0.05) is 36.8 Å². The van der Waals surface area contributed by atoms with Crippen molar-refractivity contribution in [1.29, 1.82) is 10.7 Å². The van der Waals surface area contributed by atoms with Crippen LogP contribution in [0.15, 0.2) is 54.9 Å². The Labute approximate surface area is 213 Å². The second-order valence-electron chi connectivity index (χ2n) is 8.16. The van der Waals surface area contributed by atoms with Gasteiger partial charge in [0.1, 0.15) is 11.6 Å². The number of allylic oxidation sites excluding steroid dienone is 1. The molecule has 0 fully saturated rings. The van der Waals surface area contributed by atoms with Crippen molar-refractivity contribution in [2.24, 2.45) is 0 Å². The molecule has 0 saturated carbocycles. The van der Waals surface area contributed by atoms with E-state index in [0.29, 0.717) is 5.57 Å². The van der Waals surface area contributed by atoms with Crippen LogP contribution in [-0.2, 0) is 6.42 Å². The summed E-state index contributed by atoms with van der Waals surface area (Å²) < 4.78 is 0. The van der Waals surface area contributed by atoms with Crippen LogP contribution in [0.3, 0.4) is 0 Å². The van der Waals surface area contributed by atoms with Crippen molar-refractivity contribution >= 4 is 45.5 Å². The van der Waals surface area contributed by atoms with Crippen LogP contribution >= 0.6 is 34.0 Å². The minimum Gasteiger partial charge on any atom is -0.265 e. The summed E-state index contributed by atoms with van der Waals surface area (Å²) in [6.07, 6.45) is 12.2. The molecule has 0 aliphatic rings. The predicted molar refractivity (Wildman–Crippen MR) is 148 cm³/mol. The third-order valence-electron chi connectivity index (χ3n) is 5.74. The smallest absolute Gasteiger partial charge is 0.130 e. The molecule has 0 atom stereocenters. The highest BCUT2D eigenvalue weighted by molar-refractivity contribution is 7.27. The molecule has 0 aliphatic heterocycles. The normalized spacial score (nSPS) is 10.7. The number of hydrogen-bond donors (Lipinski definition) is 1. The van der Waals surface area contributed by atoms with Crippen LogP contribution in [0, 0.1) is 16.7 Å². The maximum atomic E-state index is 9.43. The molecule has 0 aromatic carbocycles. The Balaban J connectivity index is 1.57. The number of rotatable bonds is 11. The van der Waals surface area contributed by atoms with Crippen molar-refractivity contribution in [3.05, 3.63) is 65.3 Å². The van der Waals surface area contributed by atoms with Gasteiger partial charge in [-0.2, -0.15) is 5.26 Å². The number of unbranched alkanes of at least 4 members (excludes halogenated alkanes) is 5. The van der Waals surface area contributed by atoms with E-state index in [1.165, 1.54) is 67.6 Å². The monoisotopic (exact) mass is 501 g/mol. The average molecular weight is 502 g/mol. The predicted octanol–water partition coefficient (Wildman–Crippen LogP) is 9.33. The zero-order valence-corrected chi connectivity index (χ0v) is 21.7. The Bertz CT molecular complexity index is 1310. The molecule has 1 N–H and O–H groups in total. The highest BCUT2D eigenvalue weighted by Crippen LogP contribution is 2.44. The Kier molecular flexibility index (Phi) is 8.62. The minimum atomic E-state index is 0.317. The lowest BCUT2D eigenvalue weighted by atomic mass is 10.0. The van der Waals surface area contributed by atoms with Gasteiger partial charge in [0.25, 0.3) is 0 Å². The molecular formula is C28H27N3S3. The molecule has 4 aromatic heterocycles. The zero-order valence-electron chi connectivity index (χ0n) is 19.3. The molecule has 0 radical (unpaired) electrons. The number of aromatic nitrogens is 1. The number of pyridine rings is 1. The summed E-state index contributed by atoms with van der Waals surface area (Å²) in [6, 6.07) is 17.1. The van der Waals surface area contributed by atoms with E-state index in [1.807, 2.05) is 24.5 Å². The summed E-state index contributed by atoms with van der Waals surface area (Å²) in [6.45, 7) is 2.24. The Morgan fingerprint density at radius 1 is 0.853 bits per heavy atom. The molecule has 3 nitrogen and oxygen atoms in total. The van der Waals surface area contributed by atoms with Gasteiger partial charge in [-0.15, -0.1) is 34.0 Å². The molecule has 0 amide bonds. The lowest BCUT2D eigenvalue weighted by molar-refractivity contribution is 0.608. The van der Waals surface area contributed by atoms with E-state index in [9.17, 15) is 5.26 Å². The summed E-state index contributed by atoms with van der Waals surface area (Å²) >= 11 is 5.22. The standard InChI is InChI=1S/C28H27N3S3/c1-2-3-4-5-6-7-8-21-17-27(22(18-29)19-30)34-28(21)26-12-11-25(33-26)24-10-9-23(32-24)20-13-15-31-16-14-20/h9-17,29H,2-8H2,1H3. The number of thiophene rings is 3. The van der Waals surface area contributed by atoms with Gasteiger partial charge in [-0.05, 0) is 72.3 Å². The highest BCUT2D eigenvalue weighted by atomic mass is 32.1. The van der Waals surface area contributed by atoms with Crippen LogP contribution in [0.5, 0.6) is 0 Å². The Morgan fingerprint density at radius 2 is 1.50 bits per heavy atom. The fourth-order valence-corrected chi connectivity index (χ4v) is 7.33. The van der Waals surface area contributed by atoms with E-state index in [0.717, 1.165) is 17.7 Å².